The second-order valence-electron chi connectivity index (χ2n) is 4.53. The van der Waals surface area contributed by atoms with Gasteiger partial charge >= 0.3 is 11.7 Å². The molecule has 7 nitrogen and oxygen atoms in total. The molecule has 1 aromatic rings. The number of rotatable bonds is 8. The number of nitro groups is 1. The van der Waals surface area contributed by atoms with Gasteiger partial charge in [0.25, 0.3) is 0 Å². The van der Waals surface area contributed by atoms with E-state index in [2.05, 4.69) is 10.3 Å². The Morgan fingerprint density at radius 1 is 1.60 bits per heavy atom. The maximum absolute atomic E-state index is 10.9. The highest BCUT2D eigenvalue weighted by Gasteiger charge is 2.15. The van der Waals surface area contributed by atoms with Crippen molar-refractivity contribution in [1.29, 1.82) is 0 Å². The summed E-state index contributed by atoms with van der Waals surface area (Å²) < 4.78 is 0. The van der Waals surface area contributed by atoms with Crippen LogP contribution in [0.15, 0.2) is 12.3 Å². The van der Waals surface area contributed by atoms with Crippen molar-refractivity contribution in [3.63, 3.8) is 0 Å². The molecule has 2 N–H and O–H groups in total. The van der Waals surface area contributed by atoms with Crippen molar-refractivity contribution < 1.29 is 14.8 Å². The average Bonchev–Trinajstić information content (AvgIpc) is 2.37. The number of carbonyl (C=O) groups is 1. The van der Waals surface area contributed by atoms with Gasteiger partial charge in [-0.05, 0) is 18.8 Å². The molecule has 20 heavy (non-hydrogen) atoms. The third-order valence-electron chi connectivity index (χ3n) is 2.81. The molecule has 1 aromatic heterocycles. The number of halogens is 1. The Labute approximate surface area is 121 Å². The Balaban J connectivity index is 2.49. The first kappa shape index (κ1) is 16.2. The second kappa shape index (κ2) is 7.64. The molecule has 0 aliphatic rings. The zero-order valence-electron chi connectivity index (χ0n) is 11.0. The highest BCUT2D eigenvalue weighted by atomic mass is 35.5. The highest BCUT2D eigenvalue weighted by Crippen LogP contribution is 2.25. The number of anilines is 1. The zero-order valence-corrected chi connectivity index (χ0v) is 11.8. The fourth-order valence-electron chi connectivity index (χ4n) is 1.66. The lowest BCUT2D eigenvalue weighted by Gasteiger charge is -2.11. The number of carboxylic acids is 1. The van der Waals surface area contributed by atoms with E-state index in [-0.39, 0.29) is 28.9 Å². The molecule has 1 heterocycles. The topological polar surface area (TPSA) is 105 Å². The summed E-state index contributed by atoms with van der Waals surface area (Å²) in [6.45, 7) is 2.42. The van der Waals surface area contributed by atoms with E-state index in [1.54, 1.807) is 0 Å². The maximum Gasteiger partial charge on any atom is 0.312 e. The molecule has 0 radical (unpaired) electrons. The van der Waals surface area contributed by atoms with Crippen molar-refractivity contribution >= 4 is 29.1 Å². The van der Waals surface area contributed by atoms with Crippen LogP contribution in [-0.4, -0.2) is 27.5 Å². The van der Waals surface area contributed by atoms with Crippen molar-refractivity contribution in [2.45, 2.75) is 26.2 Å². The number of carboxylic acid groups (broad SMARTS) is 1. The molecule has 0 aliphatic carbocycles. The van der Waals surface area contributed by atoms with Crippen molar-refractivity contribution in [2.75, 3.05) is 11.9 Å². The van der Waals surface area contributed by atoms with Crippen molar-refractivity contribution in [3.8, 4) is 0 Å². The summed E-state index contributed by atoms with van der Waals surface area (Å²) in [6, 6.07) is 1.24. The minimum Gasteiger partial charge on any atom is -0.481 e. The van der Waals surface area contributed by atoms with Crippen molar-refractivity contribution in [1.82, 2.24) is 4.98 Å². The lowest BCUT2D eigenvalue weighted by Crippen LogP contribution is -2.10. The van der Waals surface area contributed by atoms with Gasteiger partial charge in [0.05, 0.1) is 9.95 Å². The van der Waals surface area contributed by atoms with Crippen LogP contribution >= 0.6 is 11.6 Å². The maximum atomic E-state index is 10.9. The van der Waals surface area contributed by atoms with Gasteiger partial charge in [0, 0.05) is 25.2 Å². The van der Waals surface area contributed by atoms with Gasteiger partial charge < -0.3 is 10.4 Å². The number of pyridine rings is 1. The number of hydrogen-bond donors (Lipinski definition) is 2. The Morgan fingerprint density at radius 3 is 2.90 bits per heavy atom. The van der Waals surface area contributed by atoms with E-state index in [1.807, 2.05) is 6.92 Å². The molecule has 0 aromatic carbocycles. The lowest BCUT2D eigenvalue weighted by atomic mass is 10.0. The fourth-order valence-corrected chi connectivity index (χ4v) is 1.81. The summed E-state index contributed by atoms with van der Waals surface area (Å²) in [5.74, 6) is -0.436. The van der Waals surface area contributed by atoms with Crippen LogP contribution < -0.4 is 5.32 Å². The molecule has 0 spiro atoms. The van der Waals surface area contributed by atoms with Gasteiger partial charge in [-0.1, -0.05) is 18.5 Å². The summed E-state index contributed by atoms with van der Waals surface area (Å²) in [5, 5.41) is 22.5. The van der Waals surface area contributed by atoms with Gasteiger partial charge in [-0.3, -0.25) is 14.9 Å². The quantitative estimate of drug-likeness (QED) is 0.565. The van der Waals surface area contributed by atoms with Crippen LogP contribution in [0, 0.1) is 16.0 Å². The summed E-state index contributed by atoms with van der Waals surface area (Å²) >= 11 is 5.67. The molecule has 0 bridgehead atoms. The first-order valence-corrected chi connectivity index (χ1v) is 6.53. The molecular weight excluding hydrogens is 286 g/mol. The molecule has 1 atom stereocenters. The molecule has 0 saturated heterocycles. The van der Waals surface area contributed by atoms with E-state index in [1.165, 1.54) is 12.3 Å². The van der Waals surface area contributed by atoms with E-state index in [0.29, 0.717) is 19.4 Å². The Bertz CT molecular complexity index is 496. The largest absolute Gasteiger partial charge is 0.481 e. The summed E-state index contributed by atoms with van der Waals surface area (Å²) in [7, 11) is 0. The fraction of sp³-hybridized carbons (Fsp3) is 0.500. The molecule has 0 fully saturated rings. The smallest absolute Gasteiger partial charge is 0.312 e. The number of hydrogen-bond acceptors (Lipinski definition) is 5. The lowest BCUT2D eigenvalue weighted by molar-refractivity contribution is -0.384. The van der Waals surface area contributed by atoms with Crippen LogP contribution in [0.4, 0.5) is 11.5 Å². The van der Waals surface area contributed by atoms with E-state index in [4.69, 9.17) is 16.7 Å². The van der Waals surface area contributed by atoms with Gasteiger partial charge in [0.2, 0.25) is 5.82 Å². The van der Waals surface area contributed by atoms with E-state index in [0.717, 1.165) is 0 Å². The van der Waals surface area contributed by atoms with Gasteiger partial charge in [-0.15, -0.1) is 0 Å². The Hall–Kier alpha value is -1.89. The van der Waals surface area contributed by atoms with Crippen LogP contribution in [0.3, 0.4) is 0 Å². The van der Waals surface area contributed by atoms with Crippen LogP contribution in [0.2, 0.25) is 5.02 Å². The van der Waals surface area contributed by atoms with Crippen molar-refractivity contribution in [2.24, 2.45) is 5.92 Å². The molecule has 0 amide bonds. The van der Waals surface area contributed by atoms with E-state index in [9.17, 15) is 14.9 Å². The van der Waals surface area contributed by atoms with Crippen molar-refractivity contribution in [3.05, 3.63) is 27.4 Å². The standard InChI is InChI=1S/C12H16ClN3O4/c1-8(2-3-11(17)18)4-5-14-12-10(16(19)20)6-9(13)7-15-12/h6-8H,2-5H2,1H3,(H,14,15)(H,17,18). The first-order valence-electron chi connectivity index (χ1n) is 6.15. The number of aliphatic carboxylic acids is 1. The van der Waals surface area contributed by atoms with Gasteiger partial charge in [0.15, 0.2) is 0 Å². The normalized spacial score (nSPS) is 11.9. The molecule has 8 heteroatoms. The molecule has 0 saturated carbocycles. The van der Waals surface area contributed by atoms with Gasteiger partial charge in [-0.25, -0.2) is 4.98 Å². The molecule has 1 unspecified atom stereocenters. The van der Waals surface area contributed by atoms with Crippen LogP contribution in [0.1, 0.15) is 26.2 Å². The number of nitrogens with zero attached hydrogens (tertiary/aromatic N) is 2. The molecule has 110 valence electrons. The molecule has 1 rings (SSSR count). The molecule has 0 aliphatic heterocycles. The third kappa shape index (κ3) is 5.40. The molecular formula is C12H16ClN3O4. The zero-order chi connectivity index (χ0) is 15.1. The Kier molecular flexibility index (Phi) is 6.17. The SMILES string of the molecule is CC(CCNc1ncc(Cl)cc1[N+](=O)[O-])CCC(=O)O. The summed E-state index contributed by atoms with van der Waals surface area (Å²) in [5.41, 5.74) is -0.171. The van der Waals surface area contributed by atoms with Crippen LogP contribution in [-0.2, 0) is 4.79 Å². The van der Waals surface area contributed by atoms with Gasteiger partial charge in [0.1, 0.15) is 0 Å². The van der Waals surface area contributed by atoms with E-state index < -0.39 is 10.9 Å². The second-order valence-corrected chi connectivity index (χ2v) is 4.97. The third-order valence-corrected chi connectivity index (χ3v) is 3.02. The number of nitrogens with one attached hydrogen (secondary N) is 1. The summed E-state index contributed by atoms with van der Waals surface area (Å²) in [6.07, 6.45) is 2.74. The van der Waals surface area contributed by atoms with Crippen LogP contribution in [0.5, 0.6) is 0 Å². The highest BCUT2D eigenvalue weighted by molar-refractivity contribution is 6.30. The predicted molar refractivity (Wildman–Crippen MR) is 75.0 cm³/mol. The first-order chi connectivity index (χ1) is 9.40. The van der Waals surface area contributed by atoms with Gasteiger partial charge in [-0.2, -0.15) is 0 Å². The van der Waals surface area contributed by atoms with E-state index >= 15 is 0 Å². The predicted octanol–water partition coefficient (Wildman–Crippen LogP) is 2.95. The van der Waals surface area contributed by atoms with Crippen LogP contribution in [0.25, 0.3) is 0 Å². The minimum absolute atomic E-state index is 0.126. The minimum atomic E-state index is -0.820. The average molecular weight is 302 g/mol. The monoisotopic (exact) mass is 301 g/mol. The Morgan fingerprint density at radius 2 is 2.30 bits per heavy atom. The summed E-state index contributed by atoms with van der Waals surface area (Å²) in [4.78, 5) is 24.6. The number of aromatic nitrogens is 1.